The SMILES string of the molecule is C=C(C)CCC(C)CCCCC. The van der Waals surface area contributed by atoms with Crippen LogP contribution < -0.4 is 0 Å². The topological polar surface area (TPSA) is 0 Å². The highest BCUT2D eigenvalue weighted by Gasteiger charge is 2.00. The van der Waals surface area contributed by atoms with Crippen LogP contribution in [0.1, 0.15) is 59.3 Å². The van der Waals surface area contributed by atoms with Crippen LogP contribution in [0.4, 0.5) is 0 Å². The van der Waals surface area contributed by atoms with E-state index in [1.165, 1.54) is 44.1 Å². The third-order valence-electron chi connectivity index (χ3n) is 2.36. The van der Waals surface area contributed by atoms with Crippen molar-refractivity contribution in [1.29, 1.82) is 0 Å². The Labute approximate surface area is 78.1 Å². The highest BCUT2D eigenvalue weighted by molar-refractivity contribution is 4.87. The molecule has 0 aromatic carbocycles. The molecule has 0 rings (SSSR count). The van der Waals surface area contributed by atoms with Gasteiger partial charge in [-0.3, -0.25) is 0 Å². The van der Waals surface area contributed by atoms with E-state index in [0.717, 1.165) is 5.92 Å². The summed E-state index contributed by atoms with van der Waals surface area (Å²) in [5, 5.41) is 0. The predicted octanol–water partition coefficient (Wildman–Crippen LogP) is 4.56. The van der Waals surface area contributed by atoms with Crippen molar-refractivity contribution in [1.82, 2.24) is 0 Å². The van der Waals surface area contributed by atoms with Gasteiger partial charge in [-0.15, -0.1) is 6.58 Å². The highest BCUT2D eigenvalue weighted by Crippen LogP contribution is 2.16. The normalized spacial score (nSPS) is 12.9. The molecule has 0 aromatic rings. The molecule has 0 saturated heterocycles. The first-order valence-electron chi connectivity index (χ1n) is 5.31. The quantitative estimate of drug-likeness (QED) is 0.386. The van der Waals surface area contributed by atoms with Crippen LogP contribution in [0.5, 0.6) is 0 Å². The maximum Gasteiger partial charge on any atom is -0.0323 e. The Kier molecular flexibility index (Phi) is 7.23. The Balaban J connectivity index is 3.21. The molecule has 0 fully saturated rings. The van der Waals surface area contributed by atoms with Crippen LogP contribution in [0.15, 0.2) is 12.2 Å². The van der Waals surface area contributed by atoms with Crippen LogP contribution in [0, 0.1) is 5.92 Å². The molecule has 0 nitrogen and oxygen atoms in total. The van der Waals surface area contributed by atoms with Crippen molar-refractivity contribution in [3.05, 3.63) is 12.2 Å². The minimum atomic E-state index is 0.897. The molecule has 0 heteroatoms. The molecule has 0 amide bonds. The Morgan fingerprint density at radius 2 is 1.92 bits per heavy atom. The fraction of sp³-hybridized carbons (Fsp3) is 0.833. The summed E-state index contributed by atoms with van der Waals surface area (Å²) >= 11 is 0. The van der Waals surface area contributed by atoms with Gasteiger partial charge in [0.2, 0.25) is 0 Å². The molecule has 0 aliphatic carbocycles. The number of hydrogen-bond donors (Lipinski definition) is 0. The molecule has 0 aromatic heterocycles. The average Bonchev–Trinajstić information content (AvgIpc) is 2.01. The van der Waals surface area contributed by atoms with Crippen LogP contribution in [0.3, 0.4) is 0 Å². The summed E-state index contributed by atoms with van der Waals surface area (Å²) < 4.78 is 0. The second kappa shape index (κ2) is 7.39. The van der Waals surface area contributed by atoms with E-state index in [0.29, 0.717) is 0 Å². The van der Waals surface area contributed by atoms with Crippen molar-refractivity contribution >= 4 is 0 Å². The molecule has 0 N–H and O–H groups in total. The van der Waals surface area contributed by atoms with E-state index >= 15 is 0 Å². The van der Waals surface area contributed by atoms with Crippen LogP contribution in [0.25, 0.3) is 0 Å². The summed E-state index contributed by atoms with van der Waals surface area (Å²) in [5.41, 5.74) is 1.33. The molecule has 1 unspecified atom stereocenters. The molecule has 1 atom stereocenters. The van der Waals surface area contributed by atoms with E-state index in [1.807, 2.05) is 0 Å². The smallest absolute Gasteiger partial charge is 0.0323 e. The van der Waals surface area contributed by atoms with Crippen LogP contribution in [-0.4, -0.2) is 0 Å². The predicted molar refractivity (Wildman–Crippen MR) is 57.4 cm³/mol. The lowest BCUT2D eigenvalue weighted by Crippen LogP contribution is -1.94. The third-order valence-corrected chi connectivity index (χ3v) is 2.36. The van der Waals surface area contributed by atoms with Crippen molar-refractivity contribution in [3.63, 3.8) is 0 Å². The molecule has 0 heterocycles. The first kappa shape index (κ1) is 11.7. The molecule has 0 aliphatic rings. The second-order valence-electron chi connectivity index (χ2n) is 4.10. The zero-order valence-corrected chi connectivity index (χ0v) is 9.03. The molecule has 0 saturated carbocycles. The summed E-state index contributed by atoms with van der Waals surface area (Å²) in [6.45, 7) is 10.7. The standard InChI is InChI=1S/C12H24/c1-5-6-7-8-12(4)10-9-11(2)3/h12H,2,5-10H2,1,3-4H3. The Hall–Kier alpha value is -0.260. The van der Waals surface area contributed by atoms with E-state index in [-0.39, 0.29) is 0 Å². The van der Waals surface area contributed by atoms with Gasteiger partial charge in [0.15, 0.2) is 0 Å². The summed E-state index contributed by atoms with van der Waals surface area (Å²) in [6, 6.07) is 0. The highest BCUT2D eigenvalue weighted by atomic mass is 14.1. The maximum absolute atomic E-state index is 3.92. The first-order chi connectivity index (χ1) is 5.66. The van der Waals surface area contributed by atoms with E-state index < -0.39 is 0 Å². The van der Waals surface area contributed by atoms with Gasteiger partial charge in [-0.05, 0) is 25.7 Å². The fourth-order valence-corrected chi connectivity index (χ4v) is 1.38. The molecular formula is C12H24. The maximum atomic E-state index is 3.92. The summed E-state index contributed by atoms with van der Waals surface area (Å²) in [7, 11) is 0. The van der Waals surface area contributed by atoms with Gasteiger partial charge in [-0.2, -0.15) is 0 Å². The Bertz CT molecular complexity index is 113. The number of hydrogen-bond acceptors (Lipinski definition) is 0. The fourth-order valence-electron chi connectivity index (χ4n) is 1.38. The zero-order chi connectivity index (χ0) is 9.40. The molecule has 0 radical (unpaired) electrons. The molecule has 72 valence electrons. The average molecular weight is 168 g/mol. The van der Waals surface area contributed by atoms with Gasteiger partial charge in [-0.25, -0.2) is 0 Å². The summed E-state index contributed by atoms with van der Waals surface area (Å²) in [6.07, 6.45) is 8.10. The van der Waals surface area contributed by atoms with Gasteiger partial charge < -0.3 is 0 Å². The van der Waals surface area contributed by atoms with Gasteiger partial charge in [0, 0.05) is 0 Å². The van der Waals surface area contributed by atoms with Gasteiger partial charge in [0.05, 0.1) is 0 Å². The largest absolute Gasteiger partial charge is 0.100 e. The van der Waals surface area contributed by atoms with Crippen molar-refractivity contribution < 1.29 is 0 Å². The molecule has 0 aliphatic heterocycles. The number of rotatable bonds is 7. The minimum absolute atomic E-state index is 0.897. The van der Waals surface area contributed by atoms with Crippen molar-refractivity contribution in [2.45, 2.75) is 59.3 Å². The lowest BCUT2D eigenvalue weighted by molar-refractivity contribution is 0.464. The van der Waals surface area contributed by atoms with Gasteiger partial charge >= 0.3 is 0 Å². The molecule has 0 bridgehead atoms. The van der Waals surface area contributed by atoms with E-state index in [9.17, 15) is 0 Å². The molecule has 0 spiro atoms. The van der Waals surface area contributed by atoms with Crippen molar-refractivity contribution in [2.24, 2.45) is 5.92 Å². The summed E-state index contributed by atoms with van der Waals surface area (Å²) in [5.74, 6) is 0.897. The second-order valence-corrected chi connectivity index (χ2v) is 4.10. The number of allylic oxidation sites excluding steroid dienone is 1. The monoisotopic (exact) mass is 168 g/mol. The van der Waals surface area contributed by atoms with Crippen molar-refractivity contribution in [3.8, 4) is 0 Å². The van der Waals surface area contributed by atoms with Gasteiger partial charge in [0.1, 0.15) is 0 Å². The van der Waals surface area contributed by atoms with E-state index in [1.54, 1.807) is 0 Å². The van der Waals surface area contributed by atoms with E-state index in [4.69, 9.17) is 0 Å². The number of unbranched alkanes of at least 4 members (excludes halogenated alkanes) is 2. The molecular weight excluding hydrogens is 144 g/mol. The summed E-state index contributed by atoms with van der Waals surface area (Å²) in [4.78, 5) is 0. The molecule has 12 heavy (non-hydrogen) atoms. The third kappa shape index (κ3) is 7.84. The Morgan fingerprint density at radius 1 is 1.25 bits per heavy atom. The van der Waals surface area contributed by atoms with Crippen molar-refractivity contribution in [2.75, 3.05) is 0 Å². The van der Waals surface area contributed by atoms with E-state index in [2.05, 4.69) is 27.4 Å². The Morgan fingerprint density at radius 3 is 2.42 bits per heavy atom. The van der Waals surface area contributed by atoms with Crippen LogP contribution in [0.2, 0.25) is 0 Å². The van der Waals surface area contributed by atoms with Crippen LogP contribution >= 0.6 is 0 Å². The lowest BCUT2D eigenvalue weighted by atomic mass is 9.97. The first-order valence-corrected chi connectivity index (χ1v) is 5.31. The van der Waals surface area contributed by atoms with Crippen LogP contribution in [-0.2, 0) is 0 Å². The lowest BCUT2D eigenvalue weighted by Gasteiger charge is -2.10. The van der Waals surface area contributed by atoms with Gasteiger partial charge in [-0.1, -0.05) is 45.1 Å². The van der Waals surface area contributed by atoms with Gasteiger partial charge in [0.25, 0.3) is 0 Å². The minimum Gasteiger partial charge on any atom is -0.100 e. The zero-order valence-electron chi connectivity index (χ0n) is 9.03.